The Hall–Kier alpha value is -3.32. The molecule has 7 heteroatoms. The Morgan fingerprint density at radius 2 is 1.85 bits per heavy atom. The number of carbonyl (C=O) groups is 2. The Morgan fingerprint density at radius 1 is 1.09 bits per heavy atom. The molecular formula is C26H32N4O3. The molecule has 1 fully saturated rings. The summed E-state index contributed by atoms with van der Waals surface area (Å²) < 4.78 is 5.39. The van der Waals surface area contributed by atoms with Gasteiger partial charge >= 0.3 is 0 Å². The quantitative estimate of drug-likeness (QED) is 0.522. The van der Waals surface area contributed by atoms with E-state index in [1.54, 1.807) is 4.90 Å². The van der Waals surface area contributed by atoms with Crippen LogP contribution in [0.4, 0.5) is 11.4 Å². The minimum absolute atomic E-state index is 0.00940. The maximum Gasteiger partial charge on any atom is 0.243 e. The van der Waals surface area contributed by atoms with E-state index in [1.807, 2.05) is 49.5 Å². The van der Waals surface area contributed by atoms with Crippen LogP contribution in [0.15, 0.2) is 54.7 Å². The van der Waals surface area contributed by atoms with Gasteiger partial charge in [0.15, 0.2) is 0 Å². The van der Waals surface area contributed by atoms with Crippen LogP contribution < -0.4 is 10.2 Å². The molecule has 2 heterocycles. The number of benzene rings is 2. The summed E-state index contributed by atoms with van der Waals surface area (Å²) in [6.45, 7) is 5.70. The minimum Gasteiger partial charge on any atom is -0.378 e. The number of morpholine rings is 1. The molecule has 0 unspecified atom stereocenters. The molecule has 7 nitrogen and oxygen atoms in total. The Bertz CT molecular complexity index is 1070. The number of hydrogen-bond acceptors (Lipinski definition) is 4. The normalized spacial score (nSPS) is 13.8. The highest BCUT2D eigenvalue weighted by Gasteiger charge is 2.16. The maximum atomic E-state index is 12.7. The number of ether oxygens (including phenoxy) is 1. The summed E-state index contributed by atoms with van der Waals surface area (Å²) in [5.74, 6) is -0.170. The number of aromatic amines is 1. The number of anilines is 2. The van der Waals surface area contributed by atoms with Gasteiger partial charge in [-0.25, -0.2) is 0 Å². The van der Waals surface area contributed by atoms with Gasteiger partial charge in [0.05, 0.1) is 19.8 Å². The van der Waals surface area contributed by atoms with Gasteiger partial charge in [-0.1, -0.05) is 18.2 Å². The zero-order valence-electron chi connectivity index (χ0n) is 19.2. The van der Waals surface area contributed by atoms with Crippen LogP contribution in [0.2, 0.25) is 0 Å². The second kappa shape index (κ2) is 11.0. The number of nitrogens with one attached hydrogen (secondary N) is 2. The highest BCUT2D eigenvalue weighted by atomic mass is 16.5. The Morgan fingerprint density at radius 3 is 2.61 bits per heavy atom. The predicted octanol–water partition coefficient (Wildman–Crippen LogP) is 3.81. The van der Waals surface area contributed by atoms with E-state index in [1.165, 1.54) is 10.9 Å². The molecule has 2 aromatic carbocycles. The fourth-order valence-corrected chi connectivity index (χ4v) is 4.25. The highest BCUT2D eigenvalue weighted by Crippen LogP contribution is 2.20. The molecule has 0 spiro atoms. The van der Waals surface area contributed by atoms with E-state index >= 15 is 0 Å². The summed E-state index contributed by atoms with van der Waals surface area (Å²) in [6, 6.07) is 16.0. The number of fused-ring (bicyclic) bond motifs is 1. The van der Waals surface area contributed by atoms with Crippen molar-refractivity contribution in [2.45, 2.75) is 26.2 Å². The lowest BCUT2D eigenvalue weighted by molar-refractivity contribution is -0.134. The summed E-state index contributed by atoms with van der Waals surface area (Å²) >= 11 is 0. The van der Waals surface area contributed by atoms with Crippen molar-refractivity contribution in [1.82, 2.24) is 9.88 Å². The number of H-pyrrole nitrogens is 1. The molecule has 0 aliphatic carbocycles. The first-order valence-electron chi connectivity index (χ1n) is 11.7. The molecule has 0 bridgehead atoms. The lowest BCUT2D eigenvalue weighted by atomic mass is 10.1. The fraction of sp³-hybridized carbons (Fsp3) is 0.385. The van der Waals surface area contributed by atoms with E-state index in [2.05, 4.69) is 27.3 Å². The van der Waals surface area contributed by atoms with Crippen LogP contribution >= 0.6 is 0 Å². The van der Waals surface area contributed by atoms with Gasteiger partial charge in [0.2, 0.25) is 11.8 Å². The van der Waals surface area contributed by atoms with Crippen LogP contribution in [0.5, 0.6) is 0 Å². The molecule has 33 heavy (non-hydrogen) atoms. The molecule has 3 aromatic rings. The van der Waals surface area contributed by atoms with Crippen LogP contribution in [0.25, 0.3) is 10.9 Å². The van der Waals surface area contributed by atoms with E-state index in [0.717, 1.165) is 56.0 Å². The van der Waals surface area contributed by atoms with Crippen LogP contribution in [-0.4, -0.2) is 61.1 Å². The van der Waals surface area contributed by atoms with Gasteiger partial charge in [0, 0.05) is 54.5 Å². The number of likely N-dealkylation sites (N-methyl/N-ethyl adjacent to an activating group) is 1. The maximum absolute atomic E-state index is 12.7. The Kier molecular flexibility index (Phi) is 7.62. The second-order valence-corrected chi connectivity index (χ2v) is 8.32. The molecule has 1 aliphatic rings. The topological polar surface area (TPSA) is 77.7 Å². The van der Waals surface area contributed by atoms with Crippen molar-refractivity contribution in [2.24, 2.45) is 0 Å². The fourth-order valence-electron chi connectivity index (χ4n) is 4.25. The second-order valence-electron chi connectivity index (χ2n) is 8.32. The molecule has 0 radical (unpaired) electrons. The first-order valence-corrected chi connectivity index (χ1v) is 11.7. The number of nitrogens with zero attached hydrogens (tertiary/aromatic N) is 2. The predicted molar refractivity (Wildman–Crippen MR) is 132 cm³/mol. The number of aromatic nitrogens is 1. The third kappa shape index (κ3) is 5.93. The molecule has 0 saturated carbocycles. The van der Waals surface area contributed by atoms with Crippen molar-refractivity contribution in [3.8, 4) is 0 Å². The molecule has 0 atom stereocenters. The largest absolute Gasteiger partial charge is 0.378 e. The van der Waals surface area contributed by atoms with E-state index in [-0.39, 0.29) is 18.4 Å². The van der Waals surface area contributed by atoms with Crippen molar-refractivity contribution in [1.29, 1.82) is 0 Å². The third-order valence-electron chi connectivity index (χ3n) is 6.11. The summed E-state index contributed by atoms with van der Waals surface area (Å²) in [7, 11) is 0. The van der Waals surface area contributed by atoms with Crippen molar-refractivity contribution in [3.63, 3.8) is 0 Å². The van der Waals surface area contributed by atoms with Crippen molar-refractivity contribution in [3.05, 3.63) is 60.3 Å². The molecule has 4 rings (SSSR count). The number of para-hydroxylation sites is 1. The average Bonchev–Trinajstić information content (AvgIpc) is 3.26. The minimum atomic E-state index is -0.180. The Labute approximate surface area is 194 Å². The zero-order valence-corrected chi connectivity index (χ0v) is 19.2. The molecule has 2 amide bonds. The monoisotopic (exact) mass is 448 g/mol. The van der Waals surface area contributed by atoms with Gasteiger partial charge in [0.1, 0.15) is 0 Å². The van der Waals surface area contributed by atoms with E-state index in [0.29, 0.717) is 13.0 Å². The number of rotatable bonds is 9. The highest BCUT2D eigenvalue weighted by molar-refractivity contribution is 5.94. The lowest BCUT2D eigenvalue weighted by Crippen LogP contribution is -2.37. The number of carbonyl (C=O) groups excluding carboxylic acids is 2. The van der Waals surface area contributed by atoms with Gasteiger partial charge in [0.25, 0.3) is 0 Å². The SMILES string of the molecule is CCN(CC(=O)Nc1ccc(N2CCOCC2)cc1)C(=O)CCCc1c[nH]c2ccccc12. The van der Waals surface area contributed by atoms with Crippen molar-refractivity contribution in [2.75, 3.05) is 49.6 Å². The number of hydrogen-bond donors (Lipinski definition) is 2. The molecule has 1 aliphatic heterocycles. The summed E-state index contributed by atoms with van der Waals surface area (Å²) in [6.07, 6.45) is 4.02. The molecule has 2 N–H and O–H groups in total. The van der Waals surface area contributed by atoms with Gasteiger partial charge < -0.3 is 24.8 Å². The van der Waals surface area contributed by atoms with Crippen LogP contribution in [0.1, 0.15) is 25.3 Å². The first-order chi connectivity index (χ1) is 16.1. The lowest BCUT2D eigenvalue weighted by Gasteiger charge is -2.29. The molecule has 1 saturated heterocycles. The van der Waals surface area contributed by atoms with Crippen LogP contribution in [0.3, 0.4) is 0 Å². The first kappa shape index (κ1) is 22.9. The number of amides is 2. The van der Waals surface area contributed by atoms with Gasteiger partial charge in [-0.3, -0.25) is 9.59 Å². The summed E-state index contributed by atoms with van der Waals surface area (Å²) in [5.41, 5.74) is 4.19. The van der Waals surface area contributed by atoms with Crippen molar-refractivity contribution >= 4 is 34.1 Å². The number of aryl methyl sites for hydroxylation is 1. The van der Waals surface area contributed by atoms with Gasteiger partial charge in [-0.05, 0) is 55.7 Å². The average molecular weight is 449 g/mol. The van der Waals surface area contributed by atoms with E-state index in [4.69, 9.17) is 4.74 Å². The molecular weight excluding hydrogens is 416 g/mol. The summed E-state index contributed by atoms with van der Waals surface area (Å²) in [5, 5.41) is 4.12. The van der Waals surface area contributed by atoms with E-state index < -0.39 is 0 Å². The summed E-state index contributed by atoms with van der Waals surface area (Å²) in [4.78, 5) is 32.4. The van der Waals surface area contributed by atoms with Gasteiger partial charge in [-0.15, -0.1) is 0 Å². The molecule has 174 valence electrons. The smallest absolute Gasteiger partial charge is 0.243 e. The van der Waals surface area contributed by atoms with Gasteiger partial charge in [-0.2, -0.15) is 0 Å². The zero-order chi connectivity index (χ0) is 23.0. The standard InChI is InChI=1S/C26H32N4O3/c1-2-29(26(32)9-5-6-20-18-27-24-8-4-3-7-23(20)24)19-25(31)28-21-10-12-22(13-11-21)30-14-16-33-17-15-30/h3-4,7-8,10-13,18,27H,2,5-6,9,14-17,19H2,1H3,(H,28,31). The van der Waals surface area contributed by atoms with Crippen molar-refractivity contribution < 1.29 is 14.3 Å². The third-order valence-corrected chi connectivity index (χ3v) is 6.11. The van der Waals surface area contributed by atoms with Crippen LogP contribution in [-0.2, 0) is 20.7 Å². The Balaban J connectivity index is 1.24. The molecule has 1 aromatic heterocycles. The van der Waals surface area contributed by atoms with E-state index in [9.17, 15) is 9.59 Å². The van der Waals surface area contributed by atoms with Crippen LogP contribution in [0, 0.1) is 0 Å².